The summed E-state index contributed by atoms with van der Waals surface area (Å²) in [7, 11) is 1.88. The minimum Gasteiger partial charge on any atom is -0.333 e. The first-order valence-electron chi connectivity index (χ1n) is 8.82. The summed E-state index contributed by atoms with van der Waals surface area (Å²) in [5, 5.41) is 13.2. The number of carbonyl (C=O) groups is 1. The van der Waals surface area contributed by atoms with Gasteiger partial charge in [0.2, 0.25) is 5.91 Å². The van der Waals surface area contributed by atoms with Crippen LogP contribution in [0.3, 0.4) is 0 Å². The molecule has 134 valence electrons. The van der Waals surface area contributed by atoms with E-state index in [4.69, 9.17) is 11.6 Å². The average molecular weight is 362 g/mol. The number of halogens is 1. The van der Waals surface area contributed by atoms with Gasteiger partial charge in [0.25, 0.3) is 0 Å². The summed E-state index contributed by atoms with van der Waals surface area (Å²) in [5.74, 6) is 0.834. The molecule has 0 bridgehead atoms. The van der Waals surface area contributed by atoms with Crippen LogP contribution in [0.1, 0.15) is 56.8 Å². The smallest absolute Gasteiger partial charge is 0.222 e. The number of aromatic nitrogens is 4. The van der Waals surface area contributed by atoms with Gasteiger partial charge in [-0.05, 0) is 47.9 Å². The largest absolute Gasteiger partial charge is 0.333 e. The highest BCUT2D eigenvalue weighted by Gasteiger charge is 2.44. The third-order valence-corrected chi connectivity index (χ3v) is 5.76. The van der Waals surface area contributed by atoms with E-state index in [-0.39, 0.29) is 5.91 Å². The maximum absolute atomic E-state index is 12.5. The molecule has 1 saturated carbocycles. The summed E-state index contributed by atoms with van der Waals surface area (Å²) in [4.78, 5) is 14.4. The topological polar surface area (TPSA) is 63.9 Å². The fourth-order valence-corrected chi connectivity index (χ4v) is 3.96. The van der Waals surface area contributed by atoms with E-state index in [0.29, 0.717) is 11.4 Å². The van der Waals surface area contributed by atoms with E-state index in [1.807, 2.05) is 44.0 Å². The molecule has 0 saturated heterocycles. The second-order valence-corrected chi connectivity index (χ2v) is 7.10. The van der Waals surface area contributed by atoms with Gasteiger partial charge in [0.05, 0.1) is 5.69 Å². The Morgan fingerprint density at radius 1 is 1.32 bits per heavy atom. The van der Waals surface area contributed by atoms with Crippen molar-refractivity contribution in [2.45, 2.75) is 57.9 Å². The number of carbonyl (C=O) groups excluding carboxylic acids is 1. The predicted molar refractivity (Wildman–Crippen MR) is 96.7 cm³/mol. The number of benzene rings is 1. The first-order valence-corrected chi connectivity index (χ1v) is 9.20. The lowest BCUT2D eigenvalue weighted by atomic mass is 9.79. The molecule has 25 heavy (non-hydrogen) atoms. The highest BCUT2D eigenvalue weighted by atomic mass is 35.5. The SMILES string of the molecule is CCC(=O)N(C)C1(c2nnnn2-c2cccc(Cl)c2C)CCCCC1. The molecule has 2 aromatic rings. The molecule has 0 spiro atoms. The van der Waals surface area contributed by atoms with Crippen molar-refractivity contribution in [2.75, 3.05) is 7.05 Å². The van der Waals surface area contributed by atoms with Gasteiger partial charge < -0.3 is 4.90 Å². The Morgan fingerprint density at radius 3 is 2.72 bits per heavy atom. The molecule has 0 unspecified atom stereocenters. The maximum atomic E-state index is 12.5. The zero-order valence-corrected chi connectivity index (χ0v) is 15.8. The lowest BCUT2D eigenvalue weighted by Gasteiger charge is -2.43. The molecule has 3 rings (SSSR count). The van der Waals surface area contributed by atoms with Crippen LogP contribution in [0.15, 0.2) is 18.2 Å². The van der Waals surface area contributed by atoms with Crippen molar-refractivity contribution < 1.29 is 4.79 Å². The molecule has 1 aliphatic rings. The van der Waals surface area contributed by atoms with Crippen molar-refractivity contribution in [1.29, 1.82) is 0 Å². The van der Waals surface area contributed by atoms with E-state index < -0.39 is 5.54 Å². The Hall–Kier alpha value is -1.95. The van der Waals surface area contributed by atoms with Gasteiger partial charge in [0, 0.05) is 18.5 Å². The van der Waals surface area contributed by atoms with E-state index in [1.54, 1.807) is 4.68 Å². The molecule has 1 heterocycles. The number of hydrogen-bond acceptors (Lipinski definition) is 4. The first kappa shape index (κ1) is 17.9. The van der Waals surface area contributed by atoms with Crippen molar-refractivity contribution in [3.8, 4) is 5.69 Å². The second kappa shape index (κ2) is 7.12. The Bertz CT molecular complexity index is 767. The normalized spacial score (nSPS) is 16.6. The zero-order chi connectivity index (χ0) is 18.0. The highest BCUT2D eigenvalue weighted by molar-refractivity contribution is 6.31. The second-order valence-electron chi connectivity index (χ2n) is 6.70. The Balaban J connectivity index is 2.14. The summed E-state index contributed by atoms with van der Waals surface area (Å²) in [5.41, 5.74) is 1.31. The Labute approximate surface area is 153 Å². The predicted octanol–water partition coefficient (Wildman–Crippen LogP) is 3.65. The monoisotopic (exact) mass is 361 g/mol. The standard InChI is InChI=1S/C18H24ClN5O/c1-4-16(25)23(3)18(11-6-5-7-12-18)17-20-21-22-24(17)15-10-8-9-14(19)13(15)2/h8-10H,4-7,11-12H2,1-3H3. The number of amides is 1. The number of tetrazole rings is 1. The van der Waals surface area contributed by atoms with Crippen molar-refractivity contribution in [2.24, 2.45) is 0 Å². The van der Waals surface area contributed by atoms with E-state index in [9.17, 15) is 4.79 Å². The number of hydrogen-bond donors (Lipinski definition) is 0. The molecule has 1 aromatic carbocycles. The molecule has 1 amide bonds. The molecule has 1 fully saturated rings. The summed E-state index contributed by atoms with van der Waals surface area (Å²) < 4.78 is 1.76. The van der Waals surface area contributed by atoms with Gasteiger partial charge in [-0.15, -0.1) is 5.10 Å². The van der Waals surface area contributed by atoms with Gasteiger partial charge in [-0.1, -0.05) is 43.9 Å². The van der Waals surface area contributed by atoms with E-state index in [2.05, 4.69) is 15.5 Å². The van der Waals surface area contributed by atoms with Crippen LogP contribution >= 0.6 is 11.6 Å². The van der Waals surface area contributed by atoms with Crippen molar-refractivity contribution >= 4 is 17.5 Å². The molecule has 0 atom stereocenters. The third-order valence-electron chi connectivity index (χ3n) is 5.35. The van der Waals surface area contributed by atoms with Crippen molar-refractivity contribution in [1.82, 2.24) is 25.1 Å². The van der Waals surface area contributed by atoms with Crippen LogP contribution in [0.25, 0.3) is 5.69 Å². The molecule has 1 aliphatic carbocycles. The van der Waals surface area contributed by atoms with Crippen molar-refractivity contribution in [3.05, 3.63) is 34.6 Å². The number of nitrogens with zero attached hydrogens (tertiary/aromatic N) is 5. The molecule has 1 aromatic heterocycles. The minimum absolute atomic E-state index is 0.110. The van der Waals surface area contributed by atoms with Crippen LogP contribution in [0.2, 0.25) is 5.02 Å². The van der Waals surface area contributed by atoms with Crippen LogP contribution in [0.4, 0.5) is 0 Å². The summed E-state index contributed by atoms with van der Waals surface area (Å²) in [6.45, 7) is 3.84. The molecule has 0 radical (unpaired) electrons. The molecule has 7 heteroatoms. The minimum atomic E-state index is -0.469. The van der Waals surface area contributed by atoms with Crippen LogP contribution in [0, 0.1) is 6.92 Å². The summed E-state index contributed by atoms with van der Waals surface area (Å²) in [6, 6.07) is 5.71. The van der Waals surface area contributed by atoms with Gasteiger partial charge >= 0.3 is 0 Å². The fraction of sp³-hybridized carbons (Fsp3) is 0.556. The lowest BCUT2D eigenvalue weighted by molar-refractivity contribution is -0.137. The quantitative estimate of drug-likeness (QED) is 0.833. The van der Waals surface area contributed by atoms with E-state index >= 15 is 0 Å². The maximum Gasteiger partial charge on any atom is 0.222 e. The van der Waals surface area contributed by atoms with Crippen LogP contribution in [0.5, 0.6) is 0 Å². The van der Waals surface area contributed by atoms with Crippen LogP contribution in [-0.4, -0.2) is 38.1 Å². The molecular formula is C18H24ClN5O. The summed E-state index contributed by atoms with van der Waals surface area (Å²) in [6.07, 6.45) is 5.50. The lowest BCUT2D eigenvalue weighted by Crippen LogP contribution is -2.50. The van der Waals surface area contributed by atoms with Gasteiger partial charge in [-0.2, -0.15) is 4.68 Å². The van der Waals surface area contributed by atoms with Gasteiger partial charge in [0.1, 0.15) is 5.54 Å². The van der Waals surface area contributed by atoms with Crippen LogP contribution < -0.4 is 0 Å². The van der Waals surface area contributed by atoms with Crippen LogP contribution in [-0.2, 0) is 10.3 Å². The zero-order valence-electron chi connectivity index (χ0n) is 15.0. The summed E-state index contributed by atoms with van der Waals surface area (Å²) >= 11 is 6.29. The van der Waals surface area contributed by atoms with Gasteiger partial charge in [-0.3, -0.25) is 4.79 Å². The van der Waals surface area contributed by atoms with Crippen molar-refractivity contribution in [3.63, 3.8) is 0 Å². The Kier molecular flexibility index (Phi) is 5.08. The fourth-order valence-electron chi connectivity index (χ4n) is 3.79. The average Bonchev–Trinajstić information content (AvgIpc) is 3.13. The molecule has 0 aliphatic heterocycles. The van der Waals surface area contributed by atoms with E-state index in [0.717, 1.165) is 42.8 Å². The van der Waals surface area contributed by atoms with E-state index in [1.165, 1.54) is 6.42 Å². The van der Waals surface area contributed by atoms with Gasteiger partial charge in [0.15, 0.2) is 5.82 Å². The van der Waals surface area contributed by atoms with Gasteiger partial charge in [-0.25, -0.2) is 0 Å². The first-order chi connectivity index (χ1) is 12.0. The molecular weight excluding hydrogens is 338 g/mol. The third kappa shape index (κ3) is 3.03. The molecule has 0 N–H and O–H groups in total. The number of rotatable bonds is 4. The highest BCUT2D eigenvalue weighted by Crippen LogP contribution is 2.41. The molecule has 6 nitrogen and oxygen atoms in total. The Morgan fingerprint density at radius 2 is 2.04 bits per heavy atom.